The first-order valence-corrected chi connectivity index (χ1v) is 9.42. The Morgan fingerprint density at radius 3 is 2.34 bits per heavy atom. The van der Waals surface area contributed by atoms with Gasteiger partial charge in [0, 0.05) is 13.2 Å². The summed E-state index contributed by atoms with van der Waals surface area (Å²) < 4.78 is 10.5. The van der Waals surface area contributed by atoms with Gasteiger partial charge in [-0.15, -0.1) is 0 Å². The minimum atomic E-state index is -1.10. The van der Waals surface area contributed by atoms with Crippen molar-refractivity contribution in [1.82, 2.24) is 10.4 Å². The fraction of sp³-hybridized carbons (Fsp3) is 0.500. The third-order valence-electron chi connectivity index (χ3n) is 4.51. The highest BCUT2D eigenvalue weighted by molar-refractivity contribution is 6.20. The number of imide groups is 1. The number of amides is 3. The highest BCUT2D eigenvalue weighted by Crippen LogP contribution is 2.24. The van der Waals surface area contributed by atoms with Crippen molar-refractivity contribution in [2.75, 3.05) is 13.2 Å². The zero-order chi connectivity index (χ0) is 21.2. The van der Waals surface area contributed by atoms with Crippen LogP contribution in [-0.2, 0) is 19.1 Å². The first kappa shape index (κ1) is 20.8. The second kappa shape index (κ2) is 8.20. The van der Waals surface area contributed by atoms with Crippen molar-refractivity contribution in [3.05, 3.63) is 35.4 Å². The van der Waals surface area contributed by atoms with Crippen molar-refractivity contribution in [2.45, 2.75) is 45.3 Å². The van der Waals surface area contributed by atoms with Crippen LogP contribution in [0, 0.1) is 5.92 Å². The number of nitrogens with zero attached hydrogens (tertiary/aromatic N) is 1. The number of hydrogen-bond acceptors (Lipinski definition) is 7. The van der Waals surface area contributed by atoms with Gasteiger partial charge in [0.05, 0.1) is 11.1 Å². The summed E-state index contributed by atoms with van der Waals surface area (Å²) in [4.78, 5) is 54.9. The van der Waals surface area contributed by atoms with Gasteiger partial charge >= 0.3 is 12.1 Å². The molecular weight excluding hydrogens is 380 g/mol. The Morgan fingerprint density at radius 1 is 1.21 bits per heavy atom. The maximum absolute atomic E-state index is 12.8. The quantitative estimate of drug-likeness (QED) is 0.748. The Morgan fingerprint density at radius 2 is 1.83 bits per heavy atom. The minimum absolute atomic E-state index is 0.0321. The number of carbonyl (C=O) groups is 4. The molecule has 3 amide bonds. The van der Waals surface area contributed by atoms with Crippen molar-refractivity contribution >= 4 is 23.9 Å². The summed E-state index contributed by atoms with van der Waals surface area (Å²) in [5, 5.41) is 2.92. The van der Waals surface area contributed by atoms with Gasteiger partial charge in [0.1, 0.15) is 11.6 Å². The van der Waals surface area contributed by atoms with Crippen LogP contribution in [0.15, 0.2) is 24.3 Å². The second-order valence-electron chi connectivity index (χ2n) is 8.02. The Hall–Kier alpha value is -2.94. The lowest BCUT2D eigenvalue weighted by Gasteiger charge is -2.24. The summed E-state index contributed by atoms with van der Waals surface area (Å²) >= 11 is 0. The molecule has 0 spiro atoms. The van der Waals surface area contributed by atoms with Crippen molar-refractivity contribution in [1.29, 1.82) is 0 Å². The number of hydrogen-bond donors (Lipinski definition) is 1. The molecule has 1 aromatic rings. The van der Waals surface area contributed by atoms with Crippen LogP contribution in [0.25, 0.3) is 0 Å². The Kier molecular flexibility index (Phi) is 5.88. The van der Waals surface area contributed by atoms with Gasteiger partial charge in [-0.25, -0.2) is 9.59 Å². The van der Waals surface area contributed by atoms with Crippen LogP contribution in [0.5, 0.6) is 0 Å². The Bertz CT molecular complexity index is 789. The van der Waals surface area contributed by atoms with Gasteiger partial charge in [-0.1, -0.05) is 17.2 Å². The van der Waals surface area contributed by atoms with Gasteiger partial charge in [-0.2, -0.15) is 0 Å². The van der Waals surface area contributed by atoms with E-state index in [0.29, 0.717) is 18.3 Å². The number of alkyl carbamates (subject to hydrolysis) is 1. The van der Waals surface area contributed by atoms with E-state index in [-0.39, 0.29) is 23.5 Å². The van der Waals surface area contributed by atoms with Gasteiger partial charge < -0.3 is 19.6 Å². The average Bonchev–Trinajstić information content (AvgIpc) is 3.23. The lowest BCUT2D eigenvalue weighted by Crippen LogP contribution is -2.47. The van der Waals surface area contributed by atoms with Crippen LogP contribution in [0.2, 0.25) is 0 Å². The van der Waals surface area contributed by atoms with E-state index in [9.17, 15) is 19.2 Å². The van der Waals surface area contributed by atoms with Crippen molar-refractivity contribution in [3.63, 3.8) is 0 Å². The largest absolute Gasteiger partial charge is 0.444 e. The standard InChI is InChI=1S/C20H24N2O7/c1-20(2,3)28-19(26)21-15(10-12-8-9-27-11-12)18(25)29-22-16(23)13-6-4-5-7-14(13)17(22)24/h4-7,12,15H,8-11H2,1-3H3,(H,21,26). The van der Waals surface area contributed by atoms with E-state index in [1.807, 2.05) is 0 Å². The molecule has 2 unspecified atom stereocenters. The molecule has 2 aliphatic rings. The molecule has 3 rings (SSSR count). The first-order chi connectivity index (χ1) is 13.7. The molecule has 2 aliphatic heterocycles. The monoisotopic (exact) mass is 404 g/mol. The number of fused-ring (bicyclic) bond motifs is 1. The summed E-state index contributed by atoms with van der Waals surface area (Å²) in [5.74, 6) is -2.33. The van der Waals surface area contributed by atoms with Crippen LogP contribution in [0.3, 0.4) is 0 Å². The molecule has 156 valence electrons. The van der Waals surface area contributed by atoms with E-state index in [0.717, 1.165) is 6.42 Å². The zero-order valence-electron chi connectivity index (χ0n) is 16.6. The second-order valence-corrected chi connectivity index (χ2v) is 8.02. The molecule has 0 aliphatic carbocycles. The normalized spacial score (nSPS) is 19.7. The van der Waals surface area contributed by atoms with Crippen LogP contribution in [0.1, 0.15) is 54.3 Å². The van der Waals surface area contributed by atoms with E-state index in [4.69, 9.17) is 14.3 Å². The van der Waals surface area contributed by atoms with Gasteiger partial charge in [-0.3, -0.25) is 9.59 Å². The van der Waals surface area contributed by atoms with E-state index in [2.05, 4.69) is 5.32 Å². The van der Waals surface area contributed by atoms with Crippen LogP contribution in [0.4, 0.5) is 4.79 Å². The molecule has 0 saturated carbocycles. The molecule has 0 radical (unpaired) electrons. The van der Waals surface area contributed by atoms with Gasteiger partial charge in [0.2, 0.25) is 0 Å². The number of benzene rings is 1. The van der Waals surface area contributed by atoms with Crippen LogP contribution < -0.4 is 5.32 Å². The van der Waals surface area contributed by atoms with E-state index < -0.39 is 35.5 Å². The molecule has 29 heavy (non-hydrogen) atoms. The summed E-state index contributed by atoms with van der Waals surface area (Å²) in [6.45, 7) is 6.11. The Balaban J connectivity index is 1.71. The fourth-order valence-electron chi connectivity index (χ4n) is 3.17. The molecule has 1 aromatic carbocycles. The van der Waals surface area contributed by atoms with Crippen molar-refractivity contribution in [2.24, 2.45) is 5.92 Å². The molecule has 1 N–H and O–H groups in total. The summed E-state index contributed by atoms with van der Waals surface area (Å²) in [6, 6.07) is 5.09. The predicted octanol–water partition coefficient (Wildman–Crippen LogP) is 2.06. The van der Waals surface area contributed by atoms with E-state index in [1.54, 1.807) is 32.9 Å². The molecule has 2 atom stereocenters. The van der Waals surface area contributed by atoms with Gasteiger partial charge in [0.25, 0.3) is 11.8 Å². The highest BCUT2D eigenvalue weighted by atomic mass is 16.7. The SMILES string of the molecule is CC(C)(C)OC(=O)NC(CC1CCOC1)C(=O)ON1C(=O)c2ccccc2C1=O. The van der Waals surface area contributed by atoms with Crippen LogP contribution >= 0.6 is 0 Å². The summed E-state index contributed by atoms with van der Waals surface area (Å²) in [7, 11) is 0. The molecule has 1 saturated heterocycles. The molecular formula is C20H24N2O7. The van der Waals surface area contributed by atoms with Crippen LogP contribution in [-0.4, -0.2) is 53.8 Å². The lowest BCUT2D eigenvalue weighted by atomic mass is 9.99. The number of hydroxylamine groups is 2. The number of nitrogens with one attached hydrogen (secondary N) is 1. The minimum Gasteiger partial charge on any atom is -0.444 e. The van der Waals surface area contributed by atoms with Gasteiger partial charge in [-0.05, 0) is 51.7 Å². The summed E-state index contributed by atoms with van der Waals surface area (Å²) in [5.41, 5.74) is -0.436. The van der Waals surface area contributed by atoms with Gasteiger partial charge in [0.15, 0.2) is 0 Å². The van der Waals surface area contributed by atoms with E-state index >= 15 is 0 Å². The topological polar surface area (TPSA) is 111 Å². The molecule has 0 aromatic heterocycles. The van der Waals surface area contributed by atoms with E-state index in [1.165, 1.54) is 12.1 Å². The van der Waals surface area contributed by atoms with Crippen molar-refractivity contribution < 1.29 is 33.5 Å². The smallest absolute Gasteiger partial charge is 0.408 e. The zero-order valence-corrected chi connectivity index (χ0v) is 16.6. The lowest BCUT2D eigenvalue weighted by molar-refractivity contribution is -0.171. The molecule has 9 heteroatoms. The third kappa shape index (κ3) is 4.92. The average molecular weight is 404 g/mol. The Labute approximate surface area is 168 Å². The molecule has 0 bridgehead atoms. The third-order valence-corrected chi connectivity index (χ3v) is 4.51. The highest BCUT2D eigenvalue weighted by Gasteiger charge is 2.40. The fourth-order valence-corrected chi connectivity index (χ4v) is 3.17. The number of ether oxygens (including phenoxy) is 2. The number of carbonyl (C=O) groups excluding carboxylic acids is 4. The maximum Gasteiger partial charge on any atom is 0.408 e. The maximum atomic E-state index is 12.8. The molecule has 1 fully saturated rings. The predicted molar refractivity (Wildman–Crippen MR) is 99.7 cm³/mol. The summed E-state index contributed by atoms with van der Waals surface area (Å²) in [6.07, 6.45) is 0.175. The molecule has 9 nitrogen and oxygen atoms in total. The molecule has 2 heterocycles. The first-order valence-electron chi connectivity index (χ1n) is 9.42. The number of rotatable bonds is 5. The van der Waals surface area contributed by atoms with Crippen molar-refractivity contribution in [3.8, 4) is 0 Å².